The van der Waals surface area contributed by atoms with Gasteiger partial charge in [0.1, 0.15) is 0 Å². The molecule has 2 aromatic carbocycles. The molecule has 2 N–H and O–H groups in total. The number of thioether (sulfide) groups is 1. The predicted molar refractivity (Wildman–Crippen MR) is 120 cm³/mol. The molecule has 0 unspecified atom stereocenters. The van der Waals surface area contributed by atoms with Gasteiger partial charge in [-0.15, -0.1) is 16.8 Å². The number of H-pyrrole nitrogens is 1. The summed E-state index contributed by atoms with van der Waals surface area (Å²) in [4.78, 5) is 25.5. The van der Waals surface area contributed by atoms with Crippen molar-refractivity contribution in [1.29, 1.82) is 0 Å². The second kappa shape index (κ2) is 7.73. The number of carbonyl (C=O) groups is 1. The third-order valence-corrected chi connectivity index (χ3v) is 5.80. The number of amides is 1. The molecule has 5 rings (SSSR count). The quantitative estimate of drug-likeness (QED) is 0.316. The summed E-state index contributed by atoms with van der Waals surface area (Å²) in [6, 6.07) is 12.9. The van der Waals surface area contributed by atoms with E-state index in [9.17, 15) is 9.59 Å². The zero-order valence-corrected chi connectivity index (χ0v) is 17.1. The zero-order valence-electron chi connectivity index (χ0n) is 16.3. The molecule has 0 saturated carbocycles. The van der Waals surface area contributed by atoms with Crippen molar-refractivity contribution in [3.8, 4) is 0 Å². The van der Waals surface area contributed by atoms with Crippen LogP contribution in [0.3, 0.4) is 0 Å². The van der Waals surface area contributed by atoms with E-state index in [0.29, 0.717) is 34.1 Å². The third kappa shape index (κ3) is 3.26. The summed E-state index contributed by atoms with van der Waals surface area (Å²) in [6.07, 6.45) is 3.34. The number of allylic oxidation sites excluding steroid dienone is 1. The van der Waals surface area contributed by atoms with Crippen LogP contribution in [0.1, 0.15) is 0 Å². The maximum Gasteiger partial charge on any atom is 0.263 e. The number of nitrogens with zero attached hydrogens (tertiary/aromatic N) is 5. The largest absolute Gasteiger partial charge is 0.323 e. The maximum atomic E-state index is 12.9. The Labute approximate surface area is 179 Å². The number of rotatable bonds is 6. The summed E-state index contributed by atoms with van der Waals surface area (Å²) < 4.78 is 3.32. The summed E-state index contributed by atoms with van der Waals surface area (Å²) in [7, 11) is 0. The second-order valence-corrected chi connectivity index (χ2v) is 7.76. The Morgan fingerprint density at radius 2 is 2.06 bits per heavy atom. The van der Waals surface area contributed by atoms with Gasteiger partial charge in [0, 0.05) is 11.9 Å². The van der Waals surface area contributed by atoms with Gasteiger partial charge < -0.3 is 5.32 Å². The van der Waals surface area contributed by atoms with Crippen LogP contribution >= 0.6 is 11.8 Å². The van der Waals surface area contributed by atoms with E-state index in [1.54, 1.807) is 22.7 Å². The minimum atomic E-state index is -0.187. The highest BCUT2D eigenvalue weighted by molar-refractivity contribution is 7.99. The predicted octanol–water partition coefficient (Wildman–Crippen LogP) is 2.84. The van der Waals surface area contributed by atoms with E-state index in [2.05, 4.69) is 32.3 Å². The van der Waals surface area contributed by atoms with Crippen LogP contribution in [0.2, 0.25) is 0 Å². The Morgan fingerprint density at radius 1 is 1.19 bits per heavy atom. The number of benzene rings is 2. The van der Waals surface area contributed by atoms with E-state index in [1.807, 2.05) is 36.4 Å². The number of fused-ring (bicyclic) bond motifs is 4. The molecule has 9 nitrogen and oxygen atoms in total. The van der Waals surface area contributed by atoms with Crippen molar-refractivity contribution in [2.75, 3.05) is 11.1 Å². The molecular formula is C21H17N7O2S. The Balaban J connectivity index is 1.47. The van der Waals surface area contributed by atoms with Gasteiger partial charge in [0.25, 0.3) is 5.56 Å². The van der Waals surface area contributed by atoms with Crippen LogP contribution in [0.4, 0.5) is 5.69 Å². The molecule has 0 radical (unpaired) electrons. The van der Waals surface area contributed by atoms with Crippen molar-refractivity contribution in [3.05, 3.63) is 71.7 Å². The van der Waals surface area contributed by atoms with E-state index < -0.39 is 0 Å². The molecule has 0 aliphatic rings. The normalized spacial score (nSPS) is 11.4. The Kier molecular flexibility index (Phi) is 4.75. The van der Waals surface area contributed by atoms with Crippen molar-refractivity contribution < 1.29 is 4.79 Å². The Bertz CT molecular complexity index is 1520. The number of hydrogen-bond donors (Lipinski definition) is 2. The highest BCUT2D eigenvalue weighted by Gasteiger charge is 2.17. The number of aromatic amines is 1. The first-order chi connectivity index (χ1) is 15.2. The number of anilines is 1. The number of para-hydroxylation sites is 2. The van der Waals surface area contributed by atoms with Crippen LogP contribution in [-0.2, 0) is 11.3 Å². The lowest BCUT2D eigenvalue weighted by molar-refractivity contribution is -0.113. The SMILES string of the molecule is C=CCn1c(=O)c2ccccc2n2c(SCC(=O)Nc3cccc4cn[nH]c34)nnc12. The van der Waals surface area contributed by atoms with Crippen molar-refractivity contribution in [2.45, 2.75) is 11.7 Å². The van der Waals surface area contributed by atoms with Crippen LogP contribution in [-0.4, -0.2) is 41.0 Å². The second-order valence-electron chi connectivity index (χ2n) is 6.82. The molecule has 3 aromatic heterocycles. The van der Waals surface area contributed by atoms with Gasteiger partial charge in [-0.05, 0) is 18.2 Å². The molecule has 0 spiro atoms. The summed E-state index contributed by atoms with van der Waals surface area (Å²) in [5.74, 6) is 0.349. The fourth-order valence-corrected chi connectivity index (χ4v) is 4.25. The van der Waals surface area contributed by atoms with E-state index in [0.717, 1.165) is 10.9 Å². The zero-order chi connectivity index (χ0) is 21.4. The lowest BCUT2D eigenvalue weighted by Crippen LogP contribution is -2.22. The van der Waals surface area contributed by atoms with E-state index in [-0.39, 0.29) is 17.2 Å². The van der Waals surface area contributed by atoms with Crippen molar-refractivity contribution in [2.24, 2.45) is 0 Å². The molecule has 0 fully saturated rings. The van der Waals surface area contributed by atoms with Crippen LogP contribution in [0.25, 0.3) is 27.6 Å². The molecule has 0 saturated heterocycles. The molecule has 3 heterocycles. The van der Waals surface area contributed by atoms with Gasteiger partial charge in [-0.25, -0.2) is 0 Å². The van der Waals surface area contributed by atoms with Crippen LogP contribution < -0.4 is 10.9 Å². The third-order valence-electron chi connectivity index (χ3n) is 4.87. The molecule has 1 amide bonds. The van der Waals surface area contributed by atoms with Gasteiger partial charge in [0.05, 0.1) is 34.1 Å². The average molecular weight is 431 g/mol. The van der Waals surface area contributed by atoms with Crippen LogP contribution in [0.15, 0.2) is 71.3 Å². The molecule has 0 aliphatic carbocycles. The first-order valence-corrected chi connectivity index (χ1v) is 10.5. The molecule has 5 aromatic rings. The fourth-order valence-electron chi connectivity index (χ4n) is 3.51. The highest BCUT2D eigenvalue weighted by Crippen LogP contribution is 2.23. The van der Waals surface area contributed by atoms with Gasteiger partial charge >= 0.3 is 0 Å². The first-order valence-electron chi connectivity index (χ1n) is 9.49. The minimum Gasteiger partial charge on any atom is -0.323 e. The fraction of sp³-hybridized carbons (Fsp3) is 0.0952. The topological polar surface area (TPSA) is 110 Å². The van der Waals surface area contributed by atoms with Crippen LogP contribution in [0, 0.1) is 0 Å². The molecule has 154 valence electrons. The minimum absolute atomic E-state index is 0.125. The molecule has 0 bridgehead atoms. The highest BCUT2D eigenvalue weighted by atomic mass is 32.2. The summed E-state index contributed by atoms with van der Waals surface area (Å²) in [5.41, 5.74) is 1.97. The molecule has 0 aliphatic heterocycles. The van der Waals surface area contributed by atoms with Crippen LogP contribution in [0.5, 0.6) is 0 Å². The average Bonchev–Trinajstić information content (AvgIpc) is 3.43. The van der Waals surface area contributed by atoms with Crippen molar-refractivity contribution in [1.82, 2.24) is 29.4 Å². The number of nitrogens with one attached hydrogen (secondary N) is 2. The van der Waals surface area contributed by atoms with Crippen molar-refractivity contribution in [3.63, 3.8) is 0 Å². The van der Waals surface area contributed by atoms with E-state index >= 15 is 0 Å². The lowest BCUT2D eigenvalue weighted by atomic mass is 10.2. The Hall–Kier alpha value is -3.92. The smallest absolute Gasteiger partial charge is 0.263 e. The first kappa shape index (κ1) is 19.1. The number of carbonyl (C=O) groups excluding carboxylic acids is 1. The van der Waals surface area contributed by atoms with E-state index in [4.69, 9.17) is 0 Å². The van der Waals surface area contributed by atoms with Gasteiger partial charge in [0.15, 0.2) is 5.16 Å². The monoisotopic (exact) mass is 431 g/mol. The number of aromatic nitrogens is 6. The number of hydrogen-bond acceptors (Lipinski definition) is 6. The van der Waals surface area contributed by atoms with Gasteiger partial charge in [-0.2, -0.15) is 5.10 Å². The maximum absolute atomic E-state index is 12.9. The van der Waals surface area contributed by atoms with E-state index in [1.165, 1.54) is 16.3 Å². The Morgan fingerprint density at radius 3 is 2.94 bits per heavy atom. The standard InChI is InChI=1S/C21H17N7O2S/c1-2-10-27-19(30)14-7-3-4-9-16(14)28-20(27)25-26-21(28)31-12-17(29)23-15-8-5-6-13-11-22-24-18(13)15/h2-9,11H,1,10,12H2,(H,22,24)(H,23,29). The summed E-state index contributed by atoms with van der Waals surface area (Å²) in [6.45, 7) is 4.04. The van der Waals surface area contributed by atoms with Crippen molar-refractivity contribution >= 4 is 50.9 Å². The summed E-state index contributed by atoms with van der Waals surface area (Å²) >= 11 is 1.25. The molecule has 0 atom stereocenters. The molecule has 10 heteroatoms. The lowest BCUT2D eigenvalue weighted by Gasteiger charge is -2.10. The van der Waals surface area contributed by atoms with Gasteiger partial charge in [-0.1, -0.05) is 42.1 Å². The molecule has 31 heavy (non-hydrogen) atoms. The van der Waals surface area contributed by atoms with Gasteiger partial charge in [-0.3, -0.25) is 23.7 Å². The summed E-state index contributed by atoms with van der Waals surface area (Å²) in [5, 5.41) is 20.2. The molecular weight excluding hydrogens is 414 g/mol. The van der Waals surface area contributed by atoms with Gasteiger partial charge in [0.2, 0.25) is 11.7 Å².